The highest BCUT2D eigenvalue weighted by molar-refractivity contribution is 8.03. The number of rotatable bonds is 13. The van der Waals surface area contributed by atoms with Crippen molar-refractivity contribution in [3.8, 4) is 11.5 Å². The third-order valence-corrected chi connectivity index (χ3v) is 10.1. The summed E-state index contributed by atoms with van der Waals surface area (Å²) in [4.78, 5) is 11.5. The number of phenols is 2. The van der Waals surface area contributed by atoms with Gasteiger partial charge in [0.15, 0.2) is 0 Å². The van der Waals surface area contributed by atoms with Crippen molar-refractivity contribution in [1.82, 2.24) is 0 Å². The predicted molar refractivity (Wildman–Crippen MR) is 216 cm³/mol. The van der Waals surface area contributed by atoms with Crippen LogP contribution in [0.15, 0.2) is 174 Å². The van der Waals surface area contributed by atoms with Crippen LogP contribution in [0, 0.1) is 13.8 Å². The second-order valence-corrected chi connectivity index (χ2v) is 14.0. The maximum atomic E-state index is 10.5. The van der Waals surface area contributed by atoms with Crippen molar-refractivity contribution in [3.05, 3.63) is 156 Å². The van der Waals surface area contributed by atoms with Crippen LogP contribution in [0.1, 0.15) is 22.3 Å². The van der Waals surface area contributed by atoms with Gasteiger partial charge in [0, 0.05) is 44.9 Å². The number of hydrogen-bond acceptors (Lipinski definition) is 10. The third-order valence-electron chi connectivity index (χ3n) is 7.67. The lowest BCUT2D eigenvalue weighted by molar-refractivity contribution is 0.474. The van der Waals surface area contributed by atoms with Crippen LogP contribution in [0.3, 0.4) is 0 Å². The average Bonchev–Trinajstić information content (AvgIpc) is 3.17. The summed E-state index contributed by atoms with van der Waals surface area (Å²) in [7, 11) is 0. The van der Waals surface area contributed by atoms with Crippen molar-refractivity contribution in [2.24, 2.45) is 30.4 Å². The molecule has 6 rings (SSSR count). The first kappa shape index (κ1) is 36.0. The minimum absolute atomic E-state index is 0.118. The molecule has 0 aliphatic rings. The minimum atomic E-state index is 0.118. The molecule has 0 fully saturated rings. The van der Waals surface area contributed by atoms with Crippen LogP contribution in [0.2, 0.25) is 0 Å². The van der Waals surface area contributed by atoms with Crippen LogP contribution in [-0.2, 0) is 0 Å². The van der Waals surface area contributed by atoms with E-state index < -0.39 is 0 Å². The van der Waals surface area contributed by atoms with Gasteiger partial charge in [-0.2, -0.15) is 20.5 Å². The number of benzene rings is 6. The first-order valence-corrected chi connectivity index (χ1v) is 18.5. The summed E-state index contributed by atoms with van der Waals surface area (Å²) in [6.07, 6.45) is 3.31. The van der Waals surface area contributed by atoms with E-state index in [-0.39, 0.29) is 11.5 Å². The fraction of sp³-hybridized carbons (Fsp3) is 0.0952. The molecule has 0 heterocycles. The summed E-state index contributed by atoms with van der Waals surface area (Å²) >= 11 is 3.43. The maximum Gasteiger partial charge on any atom is 0.124 e. The topological polar surface area (TPSA) is 115 Å². The number of aliphatic imine (C=N–C) groups is 2. The Bertz CT molecular complexity index is 2090. The molecule has 0 amide bonds. The molecule has 0 aliphatic carbocycles. The van der Waals surface area contributed by atoms with Gasteiger partial charge in [-0.05, 0) is 98.8 Å². The molecule has 0 aromatic heterocycles. The van der Waals surface area contributed by atoms with E-state index in [0.29, 0.717) is 22.5 Å². The average molecular weight is 721 g/mol. The number of aryl methyl sites for hydroxylation is 2. The number of phenolic OH excluding ortho intramolecular Hbond substituents is 2. The minimum Gasteiger partial charge on any atom is -0.507 e. The highest BCUT2D eigenvalue weighted by atomic mass is 32.2. The van der Waals surface area contributed by atoms with Gasteiger partial charge in [0.2, 0.25) is 0 Å². The summed E-state index contributed by atoms with van der Waals surface area (Å²) in [5.41, 5.74) is 7.81. The van der Waals surface area contributed by atoms with Crippen LogP contribution in [-0.4, -0.2) is 34.1 Å². The molecule has 6 aromatic rings. The van der Waals surface area contributed by atoms with Crippen LogP contribution < -0.4 is 0 Å². The fourth-order valence-corrected chi connectivity index (χ4v) is 6.82. The molecule has 0 atom stereocenters. The molecule has 0 radical (unpaired) electrons. The molecule has 258 valence electrons. The molecule has 8 nitrogen and oxygen atoms in total. The van der Waals surface area contributed by atoms with Gasteiger partial charge >= 0.3 is 0 Å². The quantitative estimate of drug-likeness (QED) is 0.0535. The number of hydrogen-bond donors (Lipinski definition) is 2. The van der Waals surface area contributed by atoms with Crippen LogP contribution in [0.5, 0.6) is 11.5 Å². The Balaban J connectivity index is 1.07. The highest BCUT2D eigenvalue weighted by Crippen LogP contribution is 2.34. The molecule has 0 spiro atoms. The van der Waals surface area contributed by atoms with Gasteiger partial charge in [-0.3, -0.25) is 9.98 Å². The number of aromatic hydroxyl groups is 2. The second kappa shape index (κ2) is 17.9. The largest absolute Gasteiger partial charge is 0.507 e. The lowest BCUT2D eigenvalue weighted by Crippen LogP contribution is -1.87. The molecule has 0 bridgehead atoms. The zero-order chi connectivity index (χ0) is 36.1. The summed E-state index contributed by atoms with van der Waals surface area (Å²) in [5, 5.41) is 38.3. The van der Waals surface area contributed by atoms with E-state index in [0.717, 1.165) is 55.2 Å². The zero-order valence-corrected chi connectivity index (χ0v) is 30.3. The van der Waals surface area contributed by atoms with Crippen molar-refractivity contribution < 1.29 is 10.2 Å². The fourth-order valence-electron chi connectivity index (χ4n) is 4.82. The Morgan fingerprint density at radius 1 is 0.462 bits per heavy atom. The summed E-state index contributed by atoms with van der Waals surface area (Å²) in [5.74, 6) is 1.91. The third kappa shape index (κ3) is 10.3. The van der Waals surface area contributed by atoms with E-state index in [4.69, 9.17) is 9.98 Å². The second-order valence-electron chi connectivity index (χ2n) is 11.7. The van der Waals surface area contributed by atoms with Crippen molar-refractivity contribution in [2.45, 2.75) is 23.6 Å². The smallest absolute Gasteiger partial charge is 0.124 e. The SMILES string of the molecule is Cc1ccc(N=Nc2ccc(O)c(C=Nc3ccccc3SCCSc3ccccc3N=Cc3cc(N=Nc4ccc(C)cc4)ccc3O)c2)cc1. The van der Waals surface area contributed by atoms with E-state index in [1.54, 1.807) is 72.4 Å². The van der Waals surface area contributed by atoms with Crippen molar-refractivity contribution in [2.75, 3.05) is 11.5 Å². The number of azo groups is 2. The molecule has 0 saturated carbocycles. The Labute approximate surface area is 311 Å². The van der Waals surface area contributed by atoms with Crippen molar-refractivity contribution in [1.29, 1.82) is 0 Å². The molecular weight excluding hydrogens is 685 g/mol. The zero-order valence-electron chi connectivity index (χ0n) is 28.7. The normalized spacial score (nSPS) is 11.8. The molecule has 52 heavy (non-hydrogen) atoms. The van der Waals surface area contributed by atoms with E-state index in [2.05, 4.69) is 20.5 Å². The van der Waals surface area contributed by atoms with Crippen molar-refractivity contribution in [3.63, 3.8) is 0 Å². The first-order valence-electron chi connectivity index (χ1n) is 16.5. The lowest BCUT2D eigenvalue weighted by atomic mass is 10.2. The van der Waals surface area contributed by atoms with E-state index >= 15 is 0 Å². The Kier molecular flexibility index (Phi) is 12.4. The van der Waals surface area contributed by atoms with Gasteiger partial charge in [0.05, 0.1) is 34.1 Å². The van der Waals surface area contributed by atoms with Gasteiger partial charge in [-0.15, -0.1) is 23.5 Å². The van der Waals surface area contributed by atoms with Crippen LogP contribution in [0.4, 0.5) is 34.1 Å². The first-order chi connectivity index (χ1) is 25.4. The van der Waals surface area contributed by atoms with E-state index in [1.807, 2.05) is 111 Å². The Hall–Kier alpha value is -5.84. The van der Waals surface area contributed by atoms with Crippen LogP contribution in [0.25, 0.3) is 0 Å². The van der Waals surface area contributed by atoms with E-state index in [9.17, 15) is 10.2 Å². The number of nitrogens with zero attached hydrogens (tertiary/aromatic N) is 6. The molecule has 0 unspecified atom stereocenters. The molecule has 10 heteroatoms. The van der Waals surface area contributed by atoms with Gasteiger partial charge in [-0.1, -0.05) is 59.7 Å². The molecular formula is C42H36N6O2S2. The maximum absolute atomic E-state index is 10.5. The summed E-state index contributed by atoms with van der Waals surface area (Å²) in [6.45, 7) is 4.05. The molecule has 0 aliphatic heterocycles. The van der Waals surface area contributed by atoms with Crippen LogP contribution >= 0.6 is 23.5 Å². The molecule has 0 saturated heterocycles. The van der Waals surface area contributed by atoms with Gasteiger partial charge in [0.1, 0.15) is 11.5 Å². The predicted octanol–water partition coefficient (Wildman–Crippen LogP) is 12.9. The Morgan fingerprint density at radius 2 is 0.827 bits per heavy atom. The summed E-state index contributed by atoms with van der Waals surface area (Å²) in [6, 6.07) is 41.7. The standard InChI is InChI=1S/C42H36N6O2S2/c1-29-11-15-33(16-12-29)45-47-35-19-21-39(49)31(25-35)27-43-37-7-3-5-9-41(37)51-23-24-52-42-10-6-4-8-38(42)44-28-32-26-36(20-22-40(32)50)48-46-34-17-13-30(2)14-18-34/h3-22,25-28,49-50H,23-24H2,1-2H3. The van der Waals surface area contributed by atoms with E-state index in [1.165, 1.54) is 0 Å². The Morgan fingerprint density at radius 3 is 1.25 bits per heavy atom. The van der Waals surface area contributed by atoms with Gasteiger partial charge in [0.25, 0.3) is 0 Å². The number of para-hydroxylation sites is 2. The van der Waals surface area contributed by atoms with Gasteiger partial charge in [-0.25, -0.2) is 0 Å². The molecule has 6 aromatic carbocycles. The van der Waals surface area contributed by atoms with Gasteiger partial charge < -0.3 is 10.2 Å². The van der Waals surface area contributed by atoms with Crippen molar-refractivity contribution >= 4 is 70.1 Å². The number of thioether (sulfide) groups is 2. The highest BCUT2D eigenvalue weighted by Gasteiger charge is 2.07. The summed E-state index contributed by atoms with van der Waals surface area (Å²) < 4.78 is 0. The molecule has 2 N–H and O–H groups in total. The monoisotopic (exact) mass is 720 g/mol. The lowest BCUT2D eigenvalue weighted by Gasteiger charge is -2.07.